The number of carbonyl (C=O) groups excluding carboxylic acids is 1. The third kappa shape index (κ3) is 2.91. The number of nitrogens with one attached hydrogen (secondary N) is 1. The second-order valence-electron chi connectivity index (χ2n) is 5.46. The number of hydrogen-bond donors (Lipinski definition) is 1. The molecule has 1 amide bonds. The van der Waals surface area contributed by atoms with Gasteiger partial charge >= 0.3 is 0 Å². The summed E-state index contributed by atoms with van der Waals surface area (Å²) in [6.45, 7) is 5.13. The Morgan fingerprint density at radius 2 is 2.14 bits per heavy atom. The lowest BCUT2D eigenvalue weighted by atomic mass is 10.1. The normalized spacial score (nSPS) is 15.4. The third-order valence-corrected chi connectivity index (χ3v) is 3.79. The van der Waals surface area contributed by atoms with Crippen LogP contribution >= 0.6 is 0 Å². The first kappa shape index (κ1) is 13.7. The highest BCUT2D eigenvalue weighted by molar-refractivity contribution is 5.81. The fraction of sp³-hybridized carbons (Fsp3) is 0.375. The van der Waals surface area contributed by atoms with Crippen LogP contribution in [0.5, 0.6) is 5.75 Å². The van der Waals surface area contributed by atoms with Gasteiger partial charge in [-0.25, -0.2) is 0 Å². The van der Waals surface area contributed by atoms with E-state index >= 15 is 0 Å². The molecule has 0 bridgehead atoms. The van der Waals surface area contributed by atoms with Crippen molar-refractivity contribution in [2.75, 3.05) is 6.54 Å². The van der Waals surface area contributed by atoms with Gasteiger partial charge in [0, 0.05) is 30.8 Å². The number of benzene rings is 1. The molecule has 3 rings (SSSR count). The molecule has 1 aromatic carbocycles. The number of amides is 1. The van der Waals surface area contributed by atoms with Crippen molar-refractivity contribution in [2.45, 2.75) is 32.9 Å². The van der Waals surface area contributed by atoms with Crippen molar-refractivity contribution in [1.82, 2.24) is 15.1 Å². The van der Waals surface area contributed by atoms with Gasteiger partial charge in [0.05, 0.1) is 6.20 Å². The predicted molar refractivity (Wildman–Crippen MR) is 79.0 cm³/mol. The SMILES string of the molecule is Cc1ccc(OC(C)C(=O)N2CCc3[nH]ncc3C2)cc1. The highest BCUT2D eigenvalue weighted by Crippen LogP contribution is 2.19. The number of ether oxygens (including phenoxy) is 1. The Labute approximate surface area is 123 Å². The van der Waals surface area contributed by atoms with Crippen LogP contribution in [0.4, 0.5) is 0 Å². The summed E-state index contributed by atoms with van der Waals surface area (Å²) in [6.07, 6.45) is 2.12. The number of hydrogen-bond acceptors (Lipinski definition) is 3. The maximum absolute atomic E-state index is 12.5. The van der Waals surface area contributed by atoms with Crippen molar-refractivity contribution < 1.29 is 9.53 Å². The van der Waals surface area contributed by atoms with Gasteiger partial charge in [-0.05, 0) is 26.0 Å². The van der Waals surface area contributed by atoms with Crippen molar-refractivity contribution in [3.63, 3.8) is 0 Å². The number of aromatic nitrogens is 2. The molecule has 0 radical (unpaired) electrons. The molecule has 5 nitrogen and oxygen atoms in total. The van der Waals surface area contributed by atoms with Crippen molar-refractivity contribution in [1.29, 1.82) is 0 Å². The molecular formula is C16H19N3O2. The van der Waals surface area contributed by atoms with E-state index in [0.29, 0.717) is 13.1 Å². The number of aromatic amines is 1. The summed E-state index contributed by atoms with van der Waals surface area (Å²) < 4.78 is 5.74. The minimum Gasteiger partial charge on any atom is -0.481 e. The van der Waals surface area contributed by atoms with Crippen LogP contribution in [0, 0.1) is 6.92 Å². The molecule has 2 heterocycles. The Kier molecular flexibility index (Phi) is 3.64. The third-order valence-electron chi connectivity index (χ3n) is 3.79. The summed E-state index contributed by atoms with van der Waals surface area (Å²) in [5, 5.41) is 7.00. The van der Waals surface area contributed by atoms with E-state index in [2.05, 4.69) is 10.2 Å². The number of nitrogens with zero attached hydrogens (tertiary/aromatic N) is 2. The zero-order valence-electron chi connectivity index (χ0n) is 12.3. The van der Waals surface area contributed by atoms with Gasteiger partial charge in [0.15, 0.2) is 6.10 Å². The first-order valence-electron chi connectivity index (χ1n) is 7.16. The highest BCUT2D eigenvalue weighted by Gasteiger charge is 2.26. The summed E-state index contributed by atoms with van der Waals surface area (Å²) in [5.74, 6) is 0.741. The van der Waals surface area contributed by atoms with Crippen LogP contribution in [0.15, 0.2) is 30.5 Å². The van der Waals surface area contributed by atoms with Crippen LogP contribution < -0.4 is 4.74 Å². The van der Waals surface area contributed by atoms with Gasteiger partial charge in [0.2, 0.25) is 0 Å². The fourth-order valence-electron chi connectivity index (χ4n) is 2.54. The zero-order valence-corrected chi connectivity index (χ0v) is 12.3. The molecule has 1 unspecified atom stereocenters. The van der Waals surface area contributed by atoms with Gasteiger partial charge in [-0.15, -0.1) is 0 Å². The minimum absolute atomic E-state index is 0.0161. The number of fused-ring (bicyclic) bond motifs is 1. The van der Waals surface area contributed by atoms with Crippen molar-refractivity contribution in [3.05, 3.63) is 47.3 Å². The Bertz CT molecular complexity index is 633. The molecule has 1 atom stereocenters. The molecule has 1 aromatic heterocycles. The largest absolute Gasteiger partial charge is 0.481 e. The summed E-state index contributed by atoms with van der Waals surface area (Å²) in [4.78, 5) is 14.3. The van der Waals surface area contributed by atoms with Crippen LogP contribution in [0.1, 0.15) is 23.7 Å². The van der Waals surface area contributed by atoms with E-state index in [0.717, 1.165) is 23.4 Å². The van der Waals surface area contributed by atoms with Crippen molar-refractivity contribution in [3.8, 4) is 5.75 Å². The average Bonchev–Trinajstić information content (AvgIpc) is 2.96. The molecule has 0 saturated carbocycles. The van der Waals surface area contributed by atoms with Crippen molar-refractivity contribution >= 4 is 5.91 Å². The van der Waals surface area contributed by atoms with Gasteiger partial charge in [-0.1, -0.05) is 17.7 Å². The van der Waals surface area contributed by atoms with Gasteiger partial charge in [0.1, 0.15) is 5.75 Å². The Balaban J connectivity index is 1.64. The minimum atomic E-state index is -0.485. The number of carbonyl (C=O) groups is 1. The lowest BCUT2D eigenvalue weighted by Crippen LogP contribution is -2.43. The van der Waals surface area contributed by atoms with E-state index in [1.165, 1.54) is 5.56 Å². The van der Waals surface area contributed by atoms with Gasteiger partial charge in [-0.2, -0.15) is 5.10 Å². The molecule has 1 aliphatic heterocycles. The molecule has 0 aliphatic carbocycles. The molecule has 2 aromatic rings. The molecule has 21 heavy (non-hydrogen) atoms. The molecule has 1 aliphatic rings. The van der Waals surface area contributed by atoms with Gasteiger partial charge < -0.3 is 9.64 Å². The Hall–Kier alpha value is -2.30. The average molecular weight is 285 g/mol. The summed E-state index contributed by atoms with van der Waals surface area (Å²) in [7, 11) is 0. The van der Waals surface area contributed by atoms with Gasteiger partial charge in [-0.3, -0.25) is 9.89 Å². The number of H-pyrrole nitrogens is 1. The van der Waals surface area contributed by atoms with Crippen LogP contribution in [0.25, 0.3) is 0 Å². The first-order valence-corrected chi connectivity index (χ1v) is 7.16. The van der Waals surface area contributed by atoms with E-state index in [9.17, 15) is 4.79 Å². The predicted octanol–water partition coefficient (Wildman–Crippen LogP) is 2.07. The molecule has 110 valence electrons. The van der Waals surface area contributed by atoms with Gasteiger partial charge in [0.25, 0.3) is 5.91 Å². The lowest BCUT2D eigenvalue weighted by molar-refractivity contribution is -0.138. The second-order valence-corrected chi connectivity index (χ2v) is 5.46. The fourth-order valence-corrected chi connectivity index (χ4v) is 2.54. The second kappa shape index (κ2) is 5.60. The summed E-state index contributed by atoms with van der Waals surface area (Å²) in [5.41, 5.74) is 3.40. The Morgan fingerprint density at radius 3 is 2.90 bits per heavy atom. The summed E-state index contributed by atoms with van der Waals surface area (Å²) >= 11 is 0. The number of rotatable bonds is 3. The molecule has 1 N–H and O–H groups in total. The topological polar surface area (TPSA) is 58.2 Å². The molecule has 0 spiro atoms. The van der Waals surface area contributed by atoms with Crippen LogP contribution in [0.2, 0.25) is 0 Å². The maximum Gasteiger partial charge on any atom is 0.263 e. The Morgan fingerprint density at radius 1 is 1.38 bits per heavy atom. The monoisotopic (exact) mass is 285 g/mol. The van der Waals surface area contributed by atoms with E-state index in [1.54, 1.807) is 13.1 Å². The van der Waals surface area contributed by atoms with E-state index < -0.39 is 6.10 Å². The van der Waals surface area contributed by atoms with Crippen LogP contribution in [0.3, 0.4) is 0 Å². The van der Waals surface area contributed by atoms with Crippen LogP contribution in [-0.2, 0) is 17.8 Å². The van der Waals surface area contributed by atoms with E-state index in [1.807, 2.05) is 36.1 Å². The van der Waals surface area contributed by atoms with E-state index in [4.69, 9.17) is 4.74 Å². The molecule has 0 saturated heterocycles. The smallest absolute Gasteiger partial charge is 0.263 e. The highest BCUT2D eigenvalue weighted by atomic mass is 16.5. The maximum atomic E-state index is 12.5. The quantitative estimate of drug-likeness (QED) is 0.939. The van der Waals surface area contributed by atoms with E-state index in [-0.39, 0.29) is 5.91 Å². The molecule has 0 fully saturated rings. The lowest BCUT2D eigenvalue weighted by Gasteiger charge is -2.29. The zero-order chi connectivity index (χ0) is 14.8. The first-order chi connectivity index (χ1) is 10.1. The standard InChI is InChI=1S/C16H19N3O2/c1-11-3-5-14(6-4-11)21-12(2)16(20)19-8-7-15-13(10-19)9-17-18-15/h3-6,9,12H,7-8,10H2,1-2H3,(H,17,18). The molecule has 5 heteroatoms. The number of aryl methyl sites for hydroxylation is 1. The summed E-state index contributed by atoms with van der Waals surface area (Å²) in [6, 6.07) is 7.74. The molecular weight excluding hydrogens is 266 g/mol. The van der Waals surface area contributed by atoms with Crippen molar-refractivity contribution in [2.24, 2.45) is 0 Å². The van der Waals surface area contributed by atoms with Crippen LogP contribution in [-0.4, -0.2) is 33.7 Å².